The predicted octanol–water partition coefficient (Wildman–Crippen LogP) is 2.99. The Bertz CT molecular complexity index is 393. The van der Waals surface area contributed by atoms with E-state index in [-0.39, 0.29) is 0 Å². The van der Waals surface area contributed by atoms with Crippen LogP contribution in [0.4, 0.5) is 0 Å². The molecule has 0 bridgehead atoms. The van der Waals surface area contributed by atoms with Gasteiger partial charge in [0.25, 0.3) is 0 Å². The lowest BCUT2D eigenvalue weighted by atomic mass is 10.2. The highest BCUT2D eigenvalue weighted by Crippen LogP contribution is 1.99. The van der Waals surface area contributed by atoms with E-state index in [0.29, 0.717) is 0 Å². The van der Waals surface area contributed by atoms with Crippen LogP contribution >= 0.6 is 0 Å². The lowest BCUT2D eigenvalue weighted by molar-refractivity contribution is 0.135. The van der Waals surface area contributed by atoms with Crippen molar-refractivity contribution in [3.05, 3.63) is 35.9 Å². The van der Waals surface area contributed by atoms with Gasteiger partial charge in [-0.2, -0.15) is 0 Å². The lowest BCUT2D eigenvalue weighted by Crippen LogP contribution is -2.38. The molecule has 1 aromatic rings. The van der Waals surface area contributed by atoms with Gasteiger partial charge in [0, 0.05) is 26.7 Å². The fourth-order valence-corrected chi connectivity index (χ4v) is 2.12. The minimum Gasteiger partial charge on any atom is -0.381 e. The normalized spacial score (nSPS) is 11.5. The fraction of sp³-hybridized carbons (Fsp3) is 0.611. The van der Waals surface area contributed by atoms with Gasteiger partial charge >= 0.3 is 0 Å². The second-order valence-electron chi connectivity index (χ2n) is 5.33. The molecule has 0 fully saturated rings. The molecule has 0 spiro atoms. The van der Waals surface area contributed by atoms with Crippen molar-refractivity contribution in [2.45, 2.75) is 39.0 Å². The SMILES string of the molecule is CCCCCNC(=NC)NCCCOCCc1ccccc1. The third kappa shape index (κ3) is 9.40. The van der Waals surface area contributed by atoms with Gasteiger partial charge in [0.1, 0.15) is 0 Å². The van der Waals surface area contributed by atoms with Crippen molar-refractivity contribution in [3.8, 4) is 0 Å². The lowest BCUT2D eigenvalue weighted by Gasteiger charge is -2.11. The second-order valence-corrected chi connectivity index (χ2v) is 5.33. The molecule has 0 aromatic heterocycles. The molecule has 0 aliphatic heterocycles. The summed E-state index contributed by atoms with van der Waals surface area (Å²) in [4.78, 5) is 4.21. The molecule has 0 radical (unpaired) electrons. The molecule has 4 heteroatoms. The maximum atomic E-state index is 5.67. The Kier molecular flexibility index (Phi) is 11.0. The Morgan fingerprint density at radius 1 is 1.00 bits per heavy atom. The van der Waals surface area contributed by atoms with Crippen molar-refractivity contribution in [3.63, 3.8) is 0 Å². The first-order valence-corrected chi connectivity index (χ1v) is 8.43. The molecule has 0 atom stereocenters. The van der Waals surface area contributed by atoms with E-state index in [1.165, 1.54) is 24.8 Å². The van der Waals surface area contributed by atoms with Crippen LogP contribution in [-0.2, 0) is 11.2 Å². The van der Waals surface area contributed by atoms with Crippen LogP contribution < -0.4 is 10.6 Å². The highest BCUT2D eigenvalue weighted by Gasteiger charge is 1.97. The first-order valence-electron chi connectivity index (χ1n) is 8.43. The largest absolute Gasteiger partial charge is 0.381 e. The van der Waals surface area contributed by atoms with Crippen molar-refractivity contribution in [1.29, 1.82) is 0 Å². The summed E-state index contributed by atoms with van der Waals surface area (Å²) >= 11 is 0. The van der Waals surface area contributed by atoms with Gasteiger partial charge in [-0.25, -0.2) is 0 Å². The standard InChI is InChI=1S/C18H31N3O/c1-3-4-8-13-20-18(19-2)21-14-9-15-22-16-12-17-10-6-5-7-11-17/h5-7,10-11H,3-4,8-9,12-16H2,1-2H3,(H2,19,20,21). The van der Waals surface area contributed by atoms with Gasteiger partial charge in [0.2, 0.25) is 0 Å². The van der Waals surface area contributed by atoms with Crippen LogP contribution in [0.3, 0.4) is 0 Å². The molecule has 4 nitrogen and oxygen atoms in total. The van der Waals surface area contributed by atoms with Crippen LogP contribution in [-0.4, -0.2) is 39.3 Å². The molecular formula is C18H31N3O. The monoisotopic (exact) mass is 305 g/mol. The number of hydrogen-bond donors (Lipinski definition) is 2. The third-order valence-electron chi connectivity index (χ3n) is 3.43. The van der Waals surface area contributed by atoms with Crippen molar-refractivity contribution >= 4 is 5.96 Å². The van der Waals surface area contributed by atoms with E-state index >= 15 is 0 Å². The fourth-order valence-electron chi connectivity index (χ4n) is 2.12. The third-order valence-corrected chi connectivity index (χ3v) is 3.43. The smallest absolute Gasteiger partial charge is 0.190 e. The van der Waals surface area contributed by atoms with E-state index in [4.69, 9.17) is 4.74 Å². The zero-order valence-corrected chi connectivity index (χ0v) is 14.1. The summed E-state index contributed by atoms with van der Waals surface area (Å²) in [7, 11) is 1.81. The molecule has 2 N–H and O–H groups in total. The summed E-state index contributed by atoms with van der Waals surface area (Å²) in [5.74, 6) is 0.889. The predicted molar refractivity (Wildman–Crippen MR) is 94.5 cm³/mol. The van der Waals surface area contributed by atoms with Gasteiger partial charge in [-0.15, -0.1) is 0 Å². The summed E-state index contributed by atoms with van der Waals surface area (Å²) in [6.45, 7) is 5.66. The van der Waals surface area contributed by atoms with Gasteiger partial charge in [-0.05, 0) is 24.8 Å². The van der Waals surface area contributed by atoms with Gasteiger partial charge in [-0.3, -0.25) is 4.99 Å². The number of unbranched alkanes of at least 4 members (excludes halogenated alkanes) is 2. The van der Waals surface area contributed by atoms with Crippen LogP contribution in [0.2, 0.25) is 0 Å². The average molecular weight is 305 g/mol. The van der Waals surface area contributed by atoms with E-state index in [1.807, 2.05) is 13.1 Å². The number of aliphatic imine (C=N–C) groups is 1. The molecule has 0 unspecified atom stereocenters. The molecule has 124 valence electrons. The molecule has 1 aromatic carbocycles. The van der Waals surface area contributed by atoms with Gasteiger partial charge in [0.15, 0.2) is 5.96 Å². The summed E-state index contributed by atoms with van der Waals surface area (Å²) in [6.07, 6.45) is 5.67. The van der Waals surface area contributed by atoms with Crippen molar-refractivity contribution < 1.29 is 4.74 Å². The summed E-state index contributed by atoms with van der Waals surface area (Å²) in [5.41, 5.74) is 1.33. The molecule has 0 saturated heterocycles. The molecule has 0 aliphatic rings. The summed E-state index contributed by atoms with van der Waals surface area (Å²) < 4.78 is 5.67. The summed E-state index contributed by atoms with van der Waals surface area (Å²) in [5, 5.41) is 6.64. The van der Waals surface area contributed by atoms with E-state index < -0.39 is 0 Å². The summed E-state index contributed by atoms with van der Waals surface area (Å²) in [6, 6.07) is 10.5. The number of nitrogens with one attached hydrogen (secondary N) is 2. The van der Waals surface area contributed by atoms with Gasteiger partial charge in [0.05, 0.1) is 6.61 Å². The number of nitrogens with zero attached hydrogens (tertiary/aromatic N) is 1. The number of hydrogen-bond acceptors (Lipinski definition) is 2. The number of benzene rings is 1. The maximum Gasteiger partial charge on any atom is 0.190 e. The Balaban J connectivity index is 1.95. The minimum absolute atomic E-state index is 0.784. The van der Waals surface area contributed by atoms with Gasteiger partial charge in [-0.1, -0.05) is 50.1 Å². The highest BCUT2D eigenvalue weighted by molar-refractivity contribution is 5.79. The van der Waals surface area contributed by atoms with Crippen molar-refractivity contribution in [1.82, 2.24) is 10.6 Å². The quantitative estimate of drug-likeness (QED) is 0.375. The Morgan fingerprint density at radius 2 is 1.73 bits per heavy atom. The topological polar surface area (TPSA) is 45.7 Å². The molecule has 1 rings (SSSR count). The van der Waals surface area contributed by atoms with E-state index in [1.54, 1.807) is 0 Å². The Morgan fingerprint density at radius 3 is 2.41 bits per heavy atom. The number of ether oxygens (including phenoxy) is 1. The first kappa shape index (κ1) is 18.5. The zero-order chi connectivity index (χ0) is 15.9. The molecule has 22 heavy (non-hydrogen) atoms. The number of guanidine groups is 1. The average Bonchev–Trinajstić information content (AvgIpc) is 2.56. The van der Waals surface area contributed by atoms with Crippen molar-refractivity contribution in [2.24, 2.45) is 4.99 Å². The minimum atomic E-state index is 0.784. The second kappa shape index (κ2) is 13.1. The van der Waals surface area contributed by atoms with Crippen LogP contribution in [0, 0.1) is 0 Å². The number of rotatable bonds is 11. The molecule has 0 saturated carbocycles. The first-order chi connectivity index (χ1) is 10.9. The van der Waals surface area contributed by atoms with E-state index in [2.05, 4.69) is 46.8 Å². The molecule has 0 amide bonds. The zero-order valence-electron chi connectivity index (χ0n) is 14.1. The van der Waals surface area contributed by atoms with E-state index in [9.17, 15) is 0 Å². The highest BCUT2D eigenvalue weighted by atomic mass is 16.5. The Hall–Kier alpha value is -1.55. The van der Waals surface area contributed by atoms with Crippen LogP contribution in [0.15, 0.2) is 35.3 Å². The van der Waals surface area contributed by atoms with Crippen molar-refractivity contribution in [2.75, 3.05) is 33.4 Å². The van der Waals surface area contributed by atoms with E-state index in [0.717, 1.165) is 45.1 Å². The molecule has 0 aliphatic carbocycles. The molecular weight excluding hydrogens is 274 g/mol. The van der Waals surface area contributed by atoms with Gasteiger partial charge < -0.3 is 15.4 Å². The van der Waals surface area contributed by atoms with Crippen LogP contribution in [0.25, 0.3) is 0 Å². The van der Waals surface area contributed by atoms with Crippen LogP contribution in [0.5, 0.6) is 0 Å². The maximum absolute atomic E-state index is 5.67. The Labute approximate surface area is 135 Å². The molecule has 0 heterocycles. The van der Waals surface area contributed by atoms with Crippen LogP contribution in [0.1, 0.15) is 38.2 Å².